The number of nitrogens with two attached hydrogens (primary N) is 1. The first-order valence-electron chi connectivity index (χ1n) is 12.7. The summed E-state index contributed by atoms with van der Waals surface area (Å²) in [4.78, 5) is 20.5. The summed E-state index contributed by atoms with van der Waals surface area (Å²) in [6, 6.07) is 3.39. The molecule has 1 aromatic carbocycles. The molecular formula is C26H31F6N7O2. The number of alkyl halides is 6. The Labute approximate surface area is 233 Å². The van der Waals surface area contributed by atoms with E-state index in [4.69, 9.17) is 10.5 Å². The van der Waals surface area contributed by atoms with E-state index in [1.54, 1.807) is 32.9 Å². The average Bonchev–Trinajstić information content (AvgIpc) is 2.87. The van der Waals surface area contributed by atoms with Crippen LogP contribution in [0.5, 0.6) is 0 Å². The highest BCUT2D eigenvalue weighted by molar-refractivity contribution is 5.90. The highest BCUT2D eigenvalue weighted by Gasteiger charge is 2.42. The Bertz CT molecular complexity index is 1280. The molecule has 0 saturated heterocycles. The molecular weight excluding hydrogens is 556 g/mol. The van der Waals surface area contributed by atoms with E-state index >= 15 is 0 Å². The highest BCUT2D eigenvalue weighted by Crippen LogP contribution is 2.42. The quantitative estimate of drug-likeness (QED) is 0.131. The van der Waals surface area contributed by atoms with Crippen LogP contribution in [0, 0.1) is 6.92 Å². The zero-order chi connectivity index (χ0) is 30.7. The molecule has 0 radical (unpaired) electrons. The first kappa shape index (κ1) is 31.6. The third kappa shape index (κ3) is 7.44. The number of ether oxygens (including phenoxy) is 1. The number of rotatable bonds is 6. The number of pyridine rings is 1. The van der Waals surface area contributed by atoms with Crippen LogP contribution in [0.4, 0.5) is 36.8 Å². The fourth-order valence-electron chi connectivity index (χ4n) is 4.63. The molecule has 1 aromatic heterocycles. The van der Waals surface area contributed by atoms with E-state index in [-0.39, 0.29) is 24.0 Å². The van der Waals surface area contributed by atoms with Crippen LogP contribution in [0.3, 0.4) is 0 Å². The van der Waals surface area contributed by atoms with Gasteiger partial charge in [0.25, 0.3) is 0 Å². The molecule has 2 atom stereocenters. The van der Waals surface area contributed by atoms with E-state index in [1.165, 1.54) is 16.8 Å². The van der Waals surface area contributed by atoms with Crippen LogP contribution >= 0.6 is 0 Å². The summed E-state index contributed by atoms with van der Waals surface area (Å²) >= 11 is 0. The van der Waals surface area contributed by atoms with Crippen LogP contribution < -0.4 is 10.6 Å². The number of amides is 1. The van der Waals surface area contributed by atoms with E-state index in [0.717, 1.165) is 0 Å². The number of carbonyl (C=O) groups is 1. The predicted octanol–water partition coefficient (Wildman–Crippen LogP) is 6.82. The van der Waals surface area contributed by atoms with Crippen LogP contribution in [0.1, 0.15) is 67.7 Å². The molecule has 2 N–H and O–H groups in total. The molecule has 224 valence electrons. The molecule has 1 aliphatic heterocycles. The normalized spacial score (nSPS) is 18.1. The molecule has 0 aliphatic carbocycles. The predicted molar refractivity (Wildman–Crippen MR) is 139 cm³/mol. The molecule has 0 bridgehead atoms. The SMILES string of the molecule is CCC1CC(N(Cc2cc(C(F)(F)F)cc(C(F)(F)F)c2)C(N)=NN=NC)c2nc(C)ccc2N1C(=O)OC(C)C. The number of hydrogen-bond acceptors (Lipinski definition) is 5. The molecule has 15 heteroatoms. The zero-order valence-corrected chi connectivity index (χ0v) is 23.1. The molecule has 1 aliphatic rings. The first-order chi connectivity index (χ1) is 19.1. The summed E-state index contributed by atoms with van der Waals surface area (Å²) in [5.41, 5.74) is 4.24. The second-order valence-corrected chi connectivity index (χ2v) is 9.76. The molecule has 41 heavy (non-hydrogen) atoms. The molecule has 0 spiro atoms. The largest absolute Gasteiger partial charge is 0.446 e. The summed E-state index contributed by atoms with van der Waals surface area (Å²) in [7, 11) is 1.32. The van der Waals surface area contributed by atoms with Crippen molar-refractivity contribution in [3.05, 3.63) is 58.4 Å². The topological polar surface area (TPSA) is 109 Å². The van der Waals surface area contributed by atoms with E-state index in [0.29, 0.717) is 35.6 Å². The monoisotopic (exact) mass is 587 g/mol. The number of anilines is 1. The van der Waals surface area contributed by atoms with Gasteiger partial charge in [0, 0.05) is 18.3 Å². The number of hydrogen-bond donors (Lipinski definition) is 1. The van der Waals surface area contributed by atoms with Gasteiger partial charge in [0.15, 0.2) is 0 Å². The van der Waals surface area contributed by atoms with E-state index < -0.39 is 54.3 Å². The minimum absolute atomic E-state index is 0.0583. The van der Waals surface area contributed by atoms with Gasteiger partial charge >= 0.3 is 18.4 Å². The maximum absolute atomic E-state index is 13.6. The summed E-state index contributed by atoms with van der Waals surface area (Å²) in [5.74, 6) is -0.311. The van der Waals surface area contributed by atoms with Crippen molar-refractivity contribution in [3.8, 4) is 0 Å². The molecule has 9 nitrogen and oxygen atoms in total. The molecule has 1 amide bonds. The smallest absolute Gasteiger partial charge is 0.416 e. The van der Waals surface area contributed by atoms with Gasteiger partial charge in [-0.15, -0.1) is 0 Å². The summed E-state index contributed by atoms with van der Waals surface area (Å²) in [6.07, 6.45) is -10.5. The molecule has 2 unspecified atom stereocenters. The van der Waals surface area contributed by atoms with Crippen molar-refractivity contribution in [1.82, 2.24) is 9.88 Å². The number of aromatic nitrogens is 1. The van der Waals surface area contributed by atoms with Crippen molar-refractivity contribution < 1.29 is 35.9 Å². The van der Waals surface area contributed by atoms with E-state index in [1.807, 2.05) is 6.92 Å². The summed E-state index contributed by atoms with van der Waals surface area (Å²) in [6.45, 7) is 6.43. The summed E-state index contributed by atoms with van der Waals surface area (Å²) < 4.78 is 87.0. The van der Waals surface area contributed by atoms with Gasteiger partial charge in [-0.25, -0.2) is 4.79 Å². The molecule has 0 fully saturated rings. The Morgan fingerprint density at radius 2 is 1.76 bits per heavy atom. The molecule has 2 aromatic rings. The Morgan fingerprint density at radius 1 is 1.15 bits per heavy atom. The van der Waals surface area contributed by atoms with Gasteiger partial charge in [-0.2, -0.15) is 31.5 Å². The van der Waals surface area contributed by atoms with Crippen molar-refractivity contribution in [2.75, 3.05) is 11.9 Å². The lowest BCUT2D eigenvalue weighted by Gasteiger charge is -2.43. The fourth-order valence-corrected chi connectivity index (χ4v) is 4.63. The molecule has 2 heterocycles. The lowest BCUT2D eigenvalue weighted by Crippen LogP contribution is -2.50. The van der Waals surface area contributed by atoms with Crippen LogP contribution in [0.25, 0.3) is 0 Å². The van der Waals surface area contributed by atoms with E-state index in [9.17, 15) is 31.1 Å². The van der Waals surface area contributed by atoms with Crippen LogP contribution in [0.15, 0.2) is 45.8 Å². The van der Waals surface area contributed by atoms with Gasteiger partial charge in [0.2, 0.25) is 5.96 Å². The summed E-state index contributed by atoms with van der Waals surface area (Å²) in [5, 5.41) is 10.8. The second kappa shape index (κ2) is 12.3. The minimum atomic E-state index is -5.03. The van der Waals surface area contributed by atoms with Crippen LogP contribution in [-0.4, -0.2) is 41.1 Å². The third-order valence-corrected chi connectivity index (χ3v) is 6.39. The zero-order valence-electron chi connectivity index (χ0n) is 23.1. The number of halogens is 6. The van der Waals surface area contributed by atoms with Crippen LogP contribution in [0.2, 0.25) is 0 Å². The van der Waals surface area contributed by atoms with Gasteiger partial charge in [-0.05, 0) is 74.7 Å². The number of benzene rings is 1. The fraction of sp³-hybridized carbons (Fsp3) is 0.500. The van der Waals surface area contributed by atoms with E-state index in [2.05, 4.69) is 20.4 Å². The lowest BCUT2D eigenvalue weighted by molar-refractivity contribution is -0.143. The van der Waals surface area contributed by atoms with Crippen molar-refractivity contribution >= 4 is 17.7 Å². The average molecular weight is 588 g/mol. The Morgan fingerprint density at radius 3 is 2.27 bits per heavy atom. The number of guanidine groups is 1. The van der Waals surface area contributed by atoms with Crippen molar-refractivity contribution in [3.63, 3.8) is 0 Å². The van der Waals surface area contributed by atoms with Gasteiger partial charge < -0.3 is 15.4 Å². The van der Waals surface area contributed by atoms with Crippen LogP contribution in [-0.2, 0) is 23.6 Å². The molecule has 0 saturated carbocycles. The number of fused-ring (bicyclic) bond motifs is 1. The Balaban J connectivity index is 2.21. The Hall–Kier alpha value is -3.91. The maximum atomic E-state index is 13.6. The number of nitrogens with zero attached hydrogens (tertiary/aromatic N) is 6. The third-order valence-electron chi connectivity index (χ3n) is 6.39. The van der Waals surface area contributed by atoms with Gasteiger partial charge in [0.05, 0.1) is 41.7 Å². The standard InChI is InChI=1S/C26H31F6N7O2/c1-6-19-12-21(22-20(8-7-15(4)35-22)39(19)24(40)41-14(2)3)38(23(33)36-37-34-5)13-16-9-17(25(27,28)29)11-18(10-16)26(30,31)32/h7-11,14,19,21H,6,12-13H2,1-5H3,(H2,33,34,36). The minimum Gasteiger partial charge on any atom is -0.446 e. The number of aryl methyl sites for hydroxylation is 1. The maximum Gasteiger partial charge on any atom is 0.416 e. The van der Waals surface area contributed by atoms with Crippen molar-refractivity contribution in [1.29, 1.82) is 0 Å². The van der Waals surface area contributed by atoms with Crippen molar-refractivity contribution in [2.45, 2.75) is 77.6 Å². The Kier molecular flexibility index (Phi) is 9.49. The van der Waals surface area contributed by atoms with Gasteiger partial charge in [-0.1, -0.05) is 12.0 Å². The van der Waals surface area contributed by atoms with Crippen molar-refractivity contribution in [2.24, 2.45) is 21.2 Å². The number of carbonyl (C=O) groups excluding carboxylic acids is 1. The molecule has 3 rings (SSSR count). The second-order valence-electron chi connectivity index (χ2n) is 9.76. The van der Waals surface area contributed by atoms with Gasteiger partial charge in [0.1, 0.15) is 0 Å². The first-order valence-corrected chi connectivity index (χ1v) is 12.7. The highest BCUT2D eigenvalue weighted by atomic mass is 19.4. The lowest BCUT2D eigenvalue weighted by atomic mass is 9.91. The van der Waals surface area contributed by atoms with Gasteiger partial charge in [-0.3, -0.25) is 9.88 Å².